The minimum absolute atomic E-state index is 0. The van der Waals surface area contributed by atoms with Crippen molar-refractivity contribution in [3.63, 3.8) is 0 Å². The van der Waals surface area contributed by atoms with Crippen molar-refractivity contribution in [1.29, 1.82) is 0 Å². The molecule has 3 N–H and O–H groups in total. The summed E-state index contributed by atoms with van der Waals surface area (Å²) in [6, 6.07) is 0. The van der Waals surface area contributed by atoms with Crippen LogP contribution in [0.15, 0.2) is 11.0 Å². The van der Waals surface area contributed by atoms with Crippen molar-refractivity contribution in [1.82, 2.24) is 9.97 Å². The minimum atomic E-state index is -0.405. The zero-order chi connectivity index (χ0) is 6.85. The van der Waals surface area contributed by atoms with Crippen LogP contribution in [0.25, 0.3) is 0 Å². The third-order valence-corrected chi connectivity index (χ3v) is 1.04. The predicted octanol–water partition coefficient (Wildman–Crippen LogP) is 0.0823. The Kier molecular flexibility index (Phi) is 2.89. The SMILES string of the molecule is Cc1c[15n][13c](=O)[15nH]c1N.Cl. The number of H-pyrrole nitrogens is 1. The zero-order valence-electron chi connectivity index (χ0n) is 5.42. The number of hydrogen-bond acceptors (Lipinski definition) is 3. The molecular formula is C5H8ClN3O. The molecule has 0 atom stereocenters. The molecule has 56 valence electrons. The average molecular weight is 165 g/mol. The molecule has 4 nitrogen and oxygen atoms in total. The highest BCUT2D eigenvalue weighted by Gasteiger charge is 1.90. The Balaban J connectivity index is 0.000000810. The topological polar surface area (TPSA) is 71.8 Å². The zero-order valence-corrected chi connectivity index (χ0v) is 6.23. The lowest BCUT2D eigenvalue weighted by molar-refractivity contribution is 1.06. The van der Waals surface area contributed by atoms with Gasteiger partial charge in [-0.05, 0) is 6.92 Å². The highest BCUT2D eigenvalue weighted by atomic mass is 35.5. The van der Waals surface area contributed by atoms with Crippen LogP contribution in [0.2, 0.25) is 0 Å². The number of anilines is 1. The van der Waals surface area contributed by atoms with E-state index >= 15 is 0 Å². The van der Waals surface area contributed by atoms with E-state index in [1.807, 2.05) is 0 Å². The summed E-state index contributed by atoms with van der Waals surface area (Å²) in [5, 5.41) is 0. The number of nitrogens with two attached hydrogens (primary N) is 1. The molecule has 0 bridgehead atoms. The van der Waals surface area contributed by atoms with Crippen LogP contribution in [-0.4, -0.2) is 9.97 Å². The quantitative estimate of drug-likeness (QED) is 0.571. The van der Waals surface area contributed by atoms with Crippen LogP contribution in [0.1, 0.15) is 5.56 Å². The van der Waals surface area contributed by atoms with Gasteiger partial charge in [-0.2, -0.15) is 0 Å². The fourth-order valence-electron chi connectivity index (χ4n) is 0.471. The first-order chi connectivity index (χ1) is 4.20. The van der Waals surface area contributed by atoms with E-state index < -0.39 is 5.69 Å². The second-order valence-electron chi connectivity index (χ2n) is 1.79. The van der Waals surface area contributed by atoms with Crippen LogP contribution < -0.4 is 11.4 Å². The lowest BCUT2D eigenvalue weighted by Gasteiger charge is -1.93. The van der Waals surface area contributed by atoms with Crippen LogP contribution >= 0.6 is 12.4 Å². The van der Waals surface area contributed by atoms with Gasteiger partial charge in [-0.3, -0.25) is 4.98 Å². The first-order valence-electron chi connectivity index (χ1n) is 2.51. The minimum Gasteiger partial charge on any atom is -0.385 e. The molecule has 1 aromatic heterocycles. The van der Waals surface area contributed by atoms with Gasteiger partial charge in [-0.15, -0.1) is 12.4 Å². The lowest BCUT2D eigenvalue weighted by atomic mass is 10.4. The third kappa shape index (κ3) is 1.73. The fourth-order valence-corrected chi connectivity index (χ4v) is 0.471. The van der Waals surface area contributed by atoms with Gasteiger partial charge < -0.3 is 5.73 Å². The van der Waals surface area contributed by atoms with Crippen molar-refractivity contribution in [2.75, 3.05) is 5.73 Å². The molecule has 1 rings (SSSR count). The van der Waals surface area contributed by atoms with Gasteiger partial charge in [-0.1, -0.05) is 0 Å². The van der Waals surface area contributed by atoms with E-state index in [9.17, 15) is 4.79 Å². The fraction of sp³-hybridized carbons (Fsp3) is 0.200. The summed E-state index contributed by atoms with van der Waals surface area (Å²) in [5.41, 5.74) is 5.71. The number of rotatable bonds is 0. The van der Waals surface area contributed by atoms with Gasteiger partial charge in [0.15, 0.2) is 0 Å². The molecule has 0 amide bonds. The summed E-state index contributed by atoms with van der Waals surface area (Å²) < 4.78 is 0. The van der Waals surface area contributed by atoms with Crippen LogP contribution in [0.3, 0.4) is 0 Å². The normalized spacial score (nSPS) is 8.50. The van der Waals surface area contributed by atoms with Gasteiger partial charge in [0.05, 0.1) is 0 Å². The molecule has 0 fully saturated rings. The third-order valence-electron chi connectivity index (χ3n) is 1.04. The first-order valence-corrected chi connectivity index (χ1v) is 2.51. The second-order valence-corrected chi connectivity index (χ2v) is 1.79. The van der Waals surface area contributed by atoms with E-state index in [1.165, 1.54) is 6.20 Å². The Morgan fingerprint density at radius 2 is 2.30 bits per heavy atom. The van der Waals surface area contributed by atoms with E-state index in [0.29, 0.717) is 5.82 Å². The number of nitrogens with one attached hydrogen (secondary N) is 1. The van der Waals surface area contributed by atoms with Crippen molar-refractivity contribution in [3.05, 3.63) is 22.2 Å². The number of hydrogen-bond donors (Lipinski definition) is 2. The molecule has 0 radical (unpaired) electrons. The number of nitrogen functional groups attached to an aromatic ring is 1. The molecule has 0 unspecified atom stereocenters. The highest BCUT2D eigenvalue weighted by molar-refractivity contribution is 5.85. The van der Waals surface area contributed by atoms with Crippen LogP contribution in [0.5, 0.6) is 0 Å². The molecule has 0 aliphatic heterocycles. The van der Waals surface area contributed by atoms with Crippen LogP contribution in [-0.2, 0) is 0 Å². The maximum atomic E-state index is 10.4. The van der Waals surface area contributed by atoms with Gasteiger partial charge in [0.1, 0.15) is 5.82 Å². The molecule has 0 aromatic carbocycles. The number of halogens is 1. The largest absolute Gasteiger partial charge is 0.385 e. The summed E-state index contributed by atoms with van der Waals surface area (Å²) in [5.74, 6) is 0.384. The van der Waals surface area contributed by atoms with E-state index in [4.69, 9.17) is 5.73 Å². The molecule has 10 heavy (non-hydrogen) atoms. The van der Waals surface area contributed by atoms with Crippen molar-refractivity contribution >= 4 is 18.2 Å². The predicted molar refractivity (Wildman–Crippen MR) is 41.3 cm³/mol. The molecular weight excluding hydrogens is 157 g/mol. The van der Waals surface area contributed by atoms with Gasteiger partial charge in [0.25, 0.3) is 0 Å². The van der Waals surface area contributed by atoms with Gasteiger partial charge >= 0.3 is 5.69 Å². The van der Waals surface area contributed by atoms with E-state index in [2.05, 4.69) is 9.97 Å². The standard InChI is InChI=1S/C5H7N3O.ClH/c1-3-2-7-5(9)8-4(3)6;/h2H,1H3,(H3,6,7,8,9);1H/i5+1,7+1,8+1;. The Hall–Kier alpha value is -1.03. The van der Waals surface area contributed by atoms with E-state index in [1.54, 1.807) is 6.92 Å². The first kappa shape index (κ1) is 8.97. The lowest BCUT2D eigenvalue weighted by Crippen LogP contribution is -2.12. The maximum absolute atomic E-state index is 10.4. The van der Waals surface area contributed by atoms with Crippen LogP contribution in [0, 0.1) is 6.92 Å². The van der Waals surface area contributed by atoms with E-state index in [-0.39, 0.29) is 12.4 Å². The monoisotopic (exact) mass is 164 g/mol. The summed E-state index contributed by atoms with van der Waals surface area (Å²) in [6.45, 7) is 1.78. The van der Waals surface area contributed by atoms with Crippen LogP contribution in [0.4, 0.5) is 5.82 Å². The number of aromatic amines is 1. The van der Waals surface area contributed by atoms with Crippen molar-refractivity contribution < 1.29 is 0 Å². The molecule has 0 saturated carbocycles. The Bertz CT molecular complexity index is 270. The smallest absolute Gasteiger partial charge is 0.346 e. The molecule has 1 heterocycles. The van der Waals surface area contributed by atoms with Crippen molar-refractivity contribution in [3.8, 4) is 0 Å². The Labute approximate surface area is 63.9 Å². The van der Waals surface area contributed by atoms with Crippen molar-refractivity contribution in [2.45, 2.75) is 6.92 Å². The molecule has 0 spiro atoms. The average Bonchev–Trinajstić information content (AvgIpc) is 1.80. The summed E-state index contributed by atoms with van der Waals surface area (Å²) in [4.78, 5) is 16.2. The van der Waals surface area contributed by atoms with Gasteiger partial charge in [0.2, 0.25) is 0 Å². The maximum Gasteiger partial charge on any atom is 0.346 e. The van der Waals surface area contributed by atoms with Gasteiger partial charge in [0, 0.05) is 11.8 Å². The second kappa shape index (κ2) is 3.22. The molecule has 1 aromatic rings. The Morgan fingerprint density at radius 3 is 2.70 bits per heavy atom. The summed E-state index contributed by atoms with van der Waals surface area (Å²) >= 11 is 0. The highest BCUT2D eigenvalue weighted by Crippen LogP contribution is 1.97. The number of nitrogens with zero attached hydrogens (tertiary/aromatic N) is 1. The van der Waals surface area contributed by atoms with Gasteiger partial charge in [-0.25, -0.2) is 9.78 Å². The molecule has 0 aliphatic rings. The molecule has 0 saturated heterocycles. The summed E-state index contributed by atoms with van der Waals surface area (Å²) in [6.07, 6.45) is 1.44. The van der Waals surface area contributed by atoms with E-state index in [0.717, 1.165) is 5.56 Å². The Morgan fingerprint density at radius 1 is 1.70 bits per heavy atom. The number of aryl methyl sites for hydroxylation is 1. The molecule has 5 heteroatoms. The number of aromatic nitrogens is 2. The van der Waals surface area contributed by atoms with Crippen molar-refractivity contribution in [2.24, 2.45) is 0 Å². The summed E-state index contributed by atoms with van der Waals surface area (Å²) in [7, 11) is 0. The molecule has 0 aliphatic carbocycles.